The maximum atomic E-state index is 13.7. The number of hydrogen-bond donors (Lipinski definition) is 1. The van der Waals surface area contributed by atoms with Gasteiger partial charge in [-0.3, -0.25) is 0 Å². The Bertz CT molecular complexity index is 540. The smallest absolute Gasteiger partial charge is 0.240 e. The molecular formula is C12H14FN3O2. The maximum absolute atomic E-state index is 13.7. The van der Waals surface area contributed by atoms with E-state index in [4.69, 9.17) is 15.0 Å². The fraction of sp³-hybridized carbons (Fsp3) is 0.333. The van der Waals surface area contributed by atoms with E-state index in [-0.39, 0.29) is 18.4 Å². The van der Waals surface area contributed by atoms with Gasteiger partial charge in [-0.15, -0.1) is 0 Å². The minimum absolute atomic E-state index is 0.0839. The third kappa shape index (κ3) is 2.65. The Balaban J connectivity index is 2.28. The highest BCUT2D eigenvalue weighted by Crippen LogP contribution is 2.24. The molecule has 0 radical (unpaired) electrons. The Kier molecular flexibility index (Phi) is 3.57. The van der Waals surface area contributed by atoms with E-state index in [1.54, 1.807) is 12.1 Å². The zero-order valence-corrected chi connectivity index (χ0v) is 10.2. The van der Waals surface area contributed by atoms with Crippen molar-refractivity contribution in [2.75, 3.05) is 0 Å². The lowest BCUT2D eigenvalue weighted by molar-refractivity contribution is 0.231. The molecule has 0 aliphatic rings. The largest absolute Gasteiger partial charge is 0.488 e. The molecular weight excluding hydrogens is 237 g/mol. The number of ether oxygens (including phenoxy) is 1. The van der Waals surface area contributed by atoms with Crippen LogP contribution in [-0.4, -0.2) is 16.2 Å². The van der Waals surface area contributed by atoms with Gasteiger partial charge >= 0.3 is 0 Å². The number of aromatic nitrogens is 2. The number of hydrogen-bond acceptors (Lipinski definition) is 5. The summed E-state index contributed by atoms with van der Waals surface area (Å²) in [6.45, 7) is 3.82. The lowest BCUT2D eigenvalue weighted by Gasteiger charge is -2.10. The van der Waals surface area contributed by atoms with Gasteiger partial charge in [0.25, 0.3) is 0 Å². The van der Waals surface area contributed by atoms with Crippen molar-refractivity contribution in [2.45, 2.75) is 26.5 Å². The zero-order valence-electron chi connectivity index (χ0n) is 10.2. The Morgan fingerprint density at radius 1 is 1.44 bits per heavy atom. The molecule has 0 saturated heterocycles. The molecule has 0 amide bonds. The average Bonchev–Trinajstić information content (AvgIpc) is 2.80. The molecule has 1 heterocycles. The number of benzene rings is 1. The van der Waals surface area contributed by atoms with Crippen LogP contribution < -0.4 is 10.5 Å². The van der Waals surface area contributed by atoms with Gasteiger partial charge in [-0.1, -0.05) is 5.16 Å². The van der Waals surface area contributed by atoms with Crippen molar-refractivity contribution in [3.63, 3.8) is 0 Å². The molecule has 2 N–H and O–H groups in total. The van der Waals surface area contributed by atoms with Crippen LogP contribution >= 0.6 is 0 Å². The Hall–Kier alpha value is -1.95. The second kappa shape index (κ2) is 5.14. The highest BCUT2D eigenvalue weighted by atomic mass is 19.1. The first-order chi connectivity index (χ1) is 8.60. The normalized spacial score (nSPS) is 10.9. The minimum Gasteiger partial charge on any atom is -0.488 e. The first-order valence-electron chi connectivity index (χ1n) is 5.59. The van der Waals surface area contributed by atoms with Gasteiger partial charge in [0.1, 0.15) is 0 Å². The Morgan fingerprint density at radius 3 is 2.78 bits per heavy atom. The number of nitrogens with zero attached hydrogens (tertiary/aromatic N) is 2. The lowest BCUT2D eigenvalue weighted by atomic mass is 10.2. The Morgan fingerprint density at radius 2 is 2.22 bits per heavy atom. The van der Waals surface area contributed by atoms with Crippen LogP contribution in [-0.2, 0) is 6.54 Å². The van der Waals surface area contributed by atoms with Gasteiger partial charge in [-0.2, -0.15) is 4.98 Å². The molecule has 1 aromatic heterocycles. The van der Waals surface area contributed by atoms with Crippen molar-refractivity contribution < 1.29 is 13.7 Å². The van der Waals surface area contributed by atoms with Crippen molar-refractivity contribution in [3.8, 4) is 17.1 Å². The molecule has 0 fully saturated rings. The van der Waals surface area contributed by atoms with Crippen LogP contribution in [0.5, 0.6) is 5.75 Å². The summed E-state index contributed by atoms with van der Waals surface area (Å²) in [5, 5.41) is 3.72. The molecule has 0 aliphatic carbocycles. The van der Waals surface area contributed by atoms with Gasteiger partial charge in [-0.25, -0.2) is 4.39 Å². The lowest BCUT2D eigenvalue weighted by Crippen LogP contribution is -2.06. The summed E-state index contributed by atoms with van der Waals surface area (Å²) in [5.74, 6) is 0.370. The molecule has 0 saturated carbocycles. The van der Waals surface area contributed by atoms with Crippen LogP contribution in [0.25, 0.3) is 11.4 Å². The van der Waals surface area contributed by atoms with E-state index in [9.17, 15) is 4.39 Å². The minimum atomic E-state index is -0.458. The molecule has 6 heteroatoms. The maximum Gasteiger partial charge on any atom is 0.240 e. The molecule has 18 heavy (non-hydrogen) atoms. The molecule has 0 atom stereocenters. The fourth-order valence-corrected chi connectivity index (χ4v) is 1.44. The van der Waals surface area contributed by atoms with Gasteiger partial charge in [0.05, 0.1) is 12.6 Å². The molecule has 2 rings (SSSR count). The third-order valence-corrected chi connectivity index (χ3v) is 2.20. The van der Waals surface area contributed by atoms with E-state index >= 15 is 0 Å². The van der Waals surface area contributed by atoms with E-state index < -0.39 is 5.82 Å². The highest BCUT2D eigenvalue weighted by Gasteiger charge is 2.11. The molecule has 0 bridgehead atoms. The van der Waals surface area contributed by atoms with Crippen molar-refractivity contribution in [1.29, 1.82) is 0 Å². The first kappa shape index (κ1) is 12.5. The summed E-state index contributed by atoms with van der Waals surface area (Å²) in [6, 6.07) is 4.53. The number of halogens is 1. The molecule has 2 aromatic rings. The van der Waals surface area contributed by atoms with Gasteiger partial charge in [0, 0.05) is 5.56 Å². The van der Waals surface area contributed by atoms with E-state index in [2.05, 4.69) is 10.1 Å². The molecule has 1 aromatic carbocycles. The van der Waals surface area contributed by atoms with Crippen LogP contribution in [0.15, 0.2) is 22.7 Å². The van der Waals surface area contributed by atoms with Crippen molar-refractivity contribution in [2.24, 2.45) is 5.73 Å². The van der Waals surface area contributed by atoms with E-state index in [1.165, 1.54) is 6.07 Å². The number of rotatable bonds is 4. The molecule has 0 spiro atoms. The van der Waals surface area contributed by atoms with Crippen LogP contribution in [0.4, 0.5) is 4.39 Å². The quantitative estimate of drug-likeness (QED) is 0.900. The second-order valence-electron chi connectivity index (χ2n) is 4.03. The summed E-state index contributed by atoms with van der Waals surface area (Å²) < 4.78 is 23.9. The van der Waals surface area contributed by atoms with Crippen LogP contribution in [0.2, 0.25) is 0 Å². The topological polar surface area (TPSA) is 74.2 Å². The summed E-state index contributed by atoms with van der Waals surface area (Å²) in [6.07, 6.45) is -0.0839. The Labute approximate surface area is 104 Å². The molecule has 96 valence electrons. The van der Waals surface area contributed by atoms with Gasteiger partial charge in [-0.05, 0) is 32.0 Å². The standard InChI is InChI=1S/C12H14FN3O2/c1-7(2)17-10-4-3-8(5-9(10)13)12-15-11(6-14)18-16-12/h3-5,7H,6,14H2,1-2H3. The first-order valence-corrected chi connectivity index (χ1v) is 5.59. The van der Waals surface area contributed by atoms with E-state index in [1.807, 2.05) is 13.8 Å². The van der Waals surface area contributed by atoms with Crippen LogP contribution in [0, 0.1) is 5.82 Å². The third-order valence-electron chi connectivity index (χ3n) is 2.20. The van der Waals surface area contributed by atoms with E-state index in [0.717, 1.165) is 0 Å². The summed E-state index contributed by atoms with van der Waals surface area (Å²) in [4.78, 5) is 4.02. The fourth-order valence-electron chi connectivity index (χ4n) is 1.44. The molecule has 0 aliphatic heterocycles. The number of nitrogens with two attached hydrogens (primary N) is 1. The predicted molar refractivity (Wildman–Crippen MR) is 63.3 cm³/mol. The molecule has 0 unspecified atom stereocenters. The van der Waals surface area contributed by atoms with Crippen molar-refractivity contribution in [1.82, 2.24) is 10.1 Å². The summed E-state index contributed by atoms with van der Waals surface area (Å²) in [7, 11) is 0. The van der Waals surface area contributed by atoms with Crippen LogP contribution in [0.3, 0.4) is 0 Å². The average molecular weight is 251 g/mol. The summed E-state index contributed by atoms with van der Waals surface area (Å²) >= 11 is 0. The monoisotopic (exact) mass is 251 g/mol. The highest BCUT2D eigenvalue weighted by molar-refractivity contribution is 5.56. The van der Waals surface area contributed by atoms with Crippen molar-refractivity contribution >= 4 is 0 Å². The van der Waals surface area contributed by atoms with E-state index in [0.29, 0.717) is 17.3 Å². The second-order valence-corrected chi connectivity index (χ2v) is 4.03. The van der Waals surface area contributed by atoms with Crippen molar-refractivity contribution in [3.05, 3.63) is 29.9 Å². The van der Waals surface area contributed by atoms with Gasteiger partial charge in [0.15, 0.2) is 11.6 Å². The SMILES string of the molecule is CC(C)Oc1ccc(-c2noc(CN)n2)cc1F. The van der Waals surface area contributed by atoms with Gasteiger partial charge < -0.3 is 15.0 Å². The predicted octanol–water partition coefficient (Wildman–Crippen LogP) is 2.12. The van der Waals surface area contributed by atoms with Gasteiger partial charge in [0.2, 0.25) is 11.7 Å². The molecule has 5 nitrogen and oxygen atoms in total. The summed E-state index contributed by atoms with van der Waals surface area (Å²) in [5.41, 5.74) is 5.88. The zero-order chi connectivity index (χ0) is 13.1. The van der Waals surface area contributed by atoms with Crippen LogP contribution in [0.1, 0.15) is 19.7 Å².